The molecule has 0 saturated carbocycles. The maximum atomic E-state index is 12.9. The standard InChI is InChI=1S/C25H17Cl2NO2/c26-22-13-7-6-12-21(22)25(27)16-20-19-11-5-4-8-17(19)14-15-23(20)28(25)30-24(29)18-9-2-1-3-10-18/h1-15H,16H2. The second kappa shape index (κ2) is 7.35. The Labute approximate surface area is 184 Å². The molecule has 0 aromatic heterocycles. The molecule has 0 radical (unpaired) electrons. The molecular weight excluding hydrogens is 417 g/mol. The third-order valence-corrected chi connectivity index (χ3v) is 6.26. The summed E-state index contributed by atoms with van der Waals surface area (Å²) in [5.74, 6) is -0.478. The largest absolute Gasteiger partial charge is 0.363 e. The van der Waals surface area contributed by atoms with Crippen LogP contribution < -0.4 is 5.06 Å². The van der Waals surface area contributed by atoms with E-state index in [1.165, 1.54) is 5.06 Å². The molecule has 1 atom stereocenters. The molecule has 1 aliphatic heterocycles. The number of fused-ring (bicyclic) bond motifs is 3. The van der Waals surface area contributed by atoms with Gasteiger partial charge in [-0.2, -0.15) is 5.06 Å². The van der Waals surface area contributed by atoms with Crippen LogP contribution in [0.5, 0.6) is 0 Å². The van der Waals surface area contributed by atoms with Crippen LogP contribution in [0.4, 0.5) is 5.69 Å². The highest BCUT2D eigenvalue weighted by Gasteiger charge is 2.48. The molecule has 0 saturated heterocycles. The minimum atomic E-state index is -1.16. The number of alkyl halides is 1. The van der Waals surface area contributed by atoms with Crippen molar-refractivity contribution in [3.63, 3.8) is 0 Å². The maximum absolute atomic E-state index is 12.9. The van der Waals surface area contributed by atoms with E-state index < -0.39 is 11.0 Å². The quantitative estimate of drug-likeness (QED) is 0.265. The van der Waals surface area contributed by atoms with E-state index in [0.29, 0.717) is 22.6 Å². The summed E-state index contributed by atoms with van der Waals surface area (Å²) in [6.07, 6.45) is 0.442. The van der Waals surface area contributed by atoms with E-state index in [4.69, 9.17) is 28.0 Å². The van der Waals surface area contributed by atoms with Gasteiger partial charge in [0.15, 0.2) is 5.00 Å². The van der Waals surface area contributed by atoms with E-state index in [9.17, 15) is 4.79 Å². The molecule has 1 unspecified atom stereocenters. The predicted molar refractivity (Wildman–Crippen MR) is 121 cm³/mol. The van der Waals surface area contributed by atoms with Crippen LogP contribution in [0.25, 0.3) is 10.8 Å². The Hall–Kier alpha value is -3.01. The molecule has 0 bridgehead atoms. The van der Waals surface area contributed by atoms with Crippen LogP contribution in [0.2, 0.25) is 5.02 Å². The molecule has 0 fully saturated rings. The van der Waals surface area contributed by atoms with Crippen LogP contribution in [0, 0.1) is 0 Å². The lowest BCUT2D eigenvalue weighted by Gasteiger charge is -2.33. The molecule has 4 aromatic rings. The molecule has 30 heavy (non-hydrogen) atoms. The van der Waals surface area contributed by atoms with Crippen molar-refractivity contribution in [2.75, 3.05) is 5.06 Å². The van der Waals surface area contributed by atoms with Crippen LogP contribution >= 0.6 is 23.2 Å². The summed E-state index contributed by atoms with van der Waals surface area (Å²) in [6.45, 7) is 0. The smallest absolute Gasteiger partial charge is 0.333 e. The average molecular weight is 434 g/mol. The van der Waals surface area contributed by atoms with E-state index in [-0.39, 0.29) is 0 Å². The maximum Gasteiger partial charge on any atom is 0.363 e. The molecule has 0 amide bonds. The Bertz CT molecular complexity index is 1260. The SMILES string of the molecule is O=C(ON1c2ccc3ccccc3c2CC1(Cl)c1ccccc1Cl)c1ccccc1. The first-order chi connectivity index (χ1) is 14.6. The first-order valence-electron chi connectivity index (χ1n) is 9.60. The fourth-order valence-corrected chi connectivity index (χ4v) is 4.77. The highest BCUT2D eigenvalue weighted by molar-refractivity contribution is 6.34. The summed E-state index contributed by atoms with van der Waals surface area (Å²) >= 11 is 13.8. The molecule has 5 heteroatoms. The third-order valence-electron chi connectivity index (χ3n) is 5.44. The number of hydrogen-bond acceptors (Lipinski definition) is 3. The van der Waals surface area contributed by atoms with Crippen molar-refractivity contribution in [1.82, 2.24) is 0 Å². The van der Waals surface area contributed by atoms with Gasteiger partial charge in [0.1, 0.15) is 0 Å². The molecule has 4 aromatic carbocycles. The lowest BCUT2D eigenvalue weighted by molar-refractivity contribution is 0.0387. The van der Waals surface area contributed by atoms with Crippen molar-refractivity contribution in [1.29, 1.82) is 0 Å². The van der Waals surface area contributed by atoms with E-state index in [0.717, 1.165) is 22.0 Å². The summed E-state index contributed by atoms with van der Waals surface area (Å²) in [4.78, 5) is 17.7. The summed E-state index contributed by atoms with van der Waals surface area (Å²) in [7, 11) is 0. The number of anilines is 1. The van der Waals surface area contributed by atoms with E-state index >= 15 is 0 Å². The zero-order valence-corrected chi connectivity index (χ0v) is 17.4. The summed E-state index contributed by atoms with van der Waals surface area (Å²) in [5.41, 5.74) is 2.91. The molecule has 5 rings (SSSR count). The number of carbonyl (C=O) groups excluding carboxylic acids is 1. The number of rotatable bonds is 3. The van der Waals surface area contributed by atoms with Crippen LogP contribution in [0.15, 0.2) is 91.0 Å². The number of hydroxylamine groups is 1. The highest BCUT2D eigenvalue weighted by atomic mass is 35.5. The highest BCUT2D eigenvalue weighted by Crippen LogP contribution is 2.51. The normalized spacial score (nSPS) is 17.7. The van der Waals surface area contributed by atoms with Gasteiger partial charge in [0.2, 0.25) is 0 Å². The van der Waals surface area contributed by atoms with Crippen molar-refractivity contribution in [2.24, 2.45) is 0 Å². The van der Waals surface area contributed by atoms with Crippen LogP contribution in [0.3, 0.4) is 0 Å². The lowest BCUT2D eigenvalue weighted by atomic mass is 9.98. The van der Waals surface area contributed by atoms with Gasteiger partial charge in [-0.1, -0.05) is 89.9 Å². The number of hydrogen-bond donors (Lipinski definition) is 0. The molecule has 0 aliphatic carbocycles. The fourth-order valence-electron chi connectivity index (χ4n) is 4.01. The number of carbonyl (C=O) groups is 1. The van der Waals surface area contributed by atoms with Crippen molar-refractivity contribution >= 4 is 45.6 Å². The third kappa shape index (κ3) is 3.02. The molecule has 0 spiro atoms. The van der Waals surface area contributed by atoms with Gasteiger partial charge in [-0.15, -0.1) is 0 Å². The predicted octanol–water partition coefficient (Wildman–Crippen LogP) is 6.72. The van der Waals surface area contributed by atoms with Gasteiger partial charge >= 0.3 is 5.97 Å². The molecule has 3 nitrogen and oxygen atoms in total. The Morgan fingerprint density at radius 1 is 0.867 bits per heavy atom. The van der Waals surface area contributed by atoms with E-state index in [1.807, 2.05) is 48.5 Å². The summed E-state index contributed by atoms with van der Waals surface area (Å²) in [5, 5.41) is 4.20. The number of benzene rings is 4. The van der Waals surface area contributed by atoms with Crippen LogP contribution in [-0.2, 0) is 16.3 Å². The van der Waals surface area contributed by atoms with Gasteiger partial charge in [-0.25, -0.2) is 4.79 Å². The first-order valence-corrected chi connectivity index (χ1v) is 10.4. The Morgan fingerprint density at radius 2 is 1.57 bits per heavy atom. The minimum absolute atomic E-state index is 0.442. The molecule has 1 aliphatic rings. The average Bonchev–Trinajstić information content (AvgIpc) is 3.07. The lowest BCUT2D eigenvalue weighted by Crippen LogP contribution is -2.41. The van der Waals surface area contributed by atoms with Crippen molar-refractivity contribution < 1.29 is 9.63 Å². The number of nitrogens with zero attached hydrogens (tertiary/aromatic N) is 1. The van der Waals surface area contributed by atoms with Gasteiger partial charge in [0.05, 0.1) is 11.3 Å². The topological polar surface area (TPSA) is 29.5 Å². The zero-order chi connectivity index (χ0) is 20.7. The fraction of sp³-hybridized carbons (Fsp3) is 0.0800. The number of halogens is 2. The van der Waals surface area contributed by atoms with Gasteiger partial charge < -0.3 is 4.84 Å². The molecular formula is C25H17Cl2NO2. The Morgan fingerprint density at radius 3 is 2.37 bits per heavy atom. The first kappa shape index (κ1) is 19.0. The molecule has 148 valence electrons. The monoisotopic (exact) mass is 433 g/mol. The van der Waals surface area contributed by atoms with Crippen molar-refractivity contribution in [2.45, 2.75) is 11.4 Å². The van der Waals surface area contributed by atoms with Crippen molar-refractivity contribution in [3.8, 4) is 0 Å². The Kier molecular flexibility index (Phi) is 4.65. The van der Waals surface area contributed by atoms with Gasteiger partial charge in [-0.05, 0) is 40.6 Å². The second-order valence-electron chi connectivity index (χ2n) is 7.24. The van der Waals surface area contributed by atoms with E-state index in [2.05, 4.69) is 12.1 Å². The van der Waals surface area contributed by atoms with Gasteiger partial charge in [-0.3, -0.25) is 0 Å². The summed E-state index contributed by atoms with van der Waals surface area (Å²) < 4.78 is 0. The van der Waals surface area contributed by atoms with E-state index in [1.54, 1.807) is 30.3 Å². The molecule has 1 heterocycles. The second-order valence-corrected chi connectivity index (χ2v) is 8.27. The minimum Gasteiger partial charge on any atom is -0.333 e. The van der Waals surface area contributed by atoms with Crippen molar-refractivity contribution in [3.05, 3.63) is 113 Å². The van der Waals surface area contributed by atoms with Crippen LogP contribution in [0.1, 0.15) is 21.5 Å². The molecule has 0 N–H and O–H groups in total. The zero-order valence-electron chi connectivity index (χ0n) is 15.9. The van der Waals surface area contributed by atoms with Gasteiger partial charge in [0, 0.05) is 17.0 Å². The Balaban J connectivity index is 1.67. The summed E-state index contributed by atoms with van der Waals surface area (Å²) in [6, 6.07) is 28.3. The van der Waals surface area contributed by atoms with Crippen LogP contribution in [-0.4, -0.2) is 5.97 Å². The van der Waals surface area contributed by atoms with Gasteiger partial charge in [0.25, 0.3) is 0 Å².